The Morgan fingerprint density at radius 2 is 0.800 bits per heavy atom. The van der Waals surface area contributed by atoms with E-state index < -0.39 is 0 Å². The summed E-state index contributed by atoms with van der Waals surface area (Å²) in [6, 6.07) is 0. The van der Waals surface area contributed by atoms with Crippen molar-refractivity contribution in [3.8, 4) is 0 Å². The average molecular weight is 295 g/mol. The molecule has 0 N–H and O–H groups in total. The molecule has 0 rings (SSSR count). The van der Waals surface area contributed by atoms with Crippen LogP contribution in [0.3, 0.4) is 0 Å². The van der Waals surface area contributed by atoms with E-state index in [0.717, 1.165) is 0 Å². The van der Waals surface area contributed by atoms with Crippen molar-refractivity contribution in [2.75, 3.05) is 42.3 Å². The Labute approximate surface area is 113 Å². The van der Waals surface area contributed by atoms with E-state index in [1.165, 1.54) is 4.13 Å². The Morgan fingerprint density at radius 3 is 0.800 bits per heavy atom. The van der Waals surface area contributed by atoms with E-state index in [1.54, 1.807) is 67.0 Å². The van der Waals surface area contributed by atoms with Gasteiger partial charge < -0.3 is 16.0 Å². The molecule has 4 heteroatoms. The van der Waals surface area contributed by atoms with Gasteiger partial charge in [0.1, 0.15) is 0 Å². The van der Waals surface area contributed by atoms with Gasteiger partial charge in [-0.1, -0.05) is 0 Å². The molecule has 0 spiro atoms. The number of rotatable bonds is 0. The van der Waals surface area contributed by atoms with Crippen molar-refractivity contribution >= 4 is 0 Å². The van der Waals surface area contributed by atoms with Crippen LogP contribution in [0.4, 0.5) is 0 Å². The topological polar surface area (TPSA) is 42.3 Å². The zero-order valence-electron chi connectivity index (χ0n) is 12.0. The number of hydrogen-bond donors (Lipinski definition) is 0. The second-order valence-electron chi connectivity index (χ2n) is 4.08. The third kappa shape index (κ3) is 170. The summed E-state index contributed by atoms with van der Waals surface area (Å²) in [6.45, 7) is 6.80. The van der Waals surface area contributed by atoms with Gasteiger partial charge in [-0.25, -0.2) is 0 Å². The molecule has 3 nitrogen and oxygen atoms in total. The van der Waals surface area contributed by atoms with Crippen molar-refractivity contribution in [2.45, 2.75) is 24.9 Å². The number of nitrogens with zero attached hydrogens (tertiary/aromatic N) is 3. The molecule has 92 valence electrons. The minimum atomic E-state index is 0.582. The zero-order valence-corrected chi connectivity index (χ0v) is 14.5. The molecule has 0 aromatic carbocycles. The maximum atomic E-state index is 3.50. The zero-order chi connectivity index (χ0) is 13.3. The van der Waals surface area contributed by atoms with Crippen LogP contribution in [0, 0.1) is 5.41 Å². The molecule has 0 saturated heterocycles. The van der Waals surface area contributed by atoms with Crippen molar-refractivity contribution in [3.05, 3.63) is 16.0 Å². The van der Waals surface area contributed by atoms with Gasteiger partial charge in [0.25, 0.3) is 0 Å². The van der Waals surface area contributed by atoms with Gasteiger partial charge >= 0.3 is 55.0 Å². The van der Waals surface area contributed by atoms with E-state index >= 15 is 0 Å². The summed E-state index contributed by atoms with van der Waals surface area (Å²) in [5.74, 6) is 0. The normalized spacial score (nSPS) is 8.47. The maximum absolute atomic E-state index is 3.50. The monoisotopic (exact) mass is 293 g/mol. The van der Waals surface area contributed by atoms with Crippen LogP contribution in [0.2, 0.25) is 4.13 Å². The molecule has 0 unspecified atom stereocenters. The summed E-state index contributed by atoms with van der Waals surface area (Å²) in [6.07, 6.45) is 0. The molecule has 0 aliphatic rings. The molecule has 15 heavy (non-hydrogen) atoms. The first kappa shape index (κ1) is 24.8. The van der Waals surface area contributed by atoms with Gasteiger partial charge in [-0.15, -0.1) is 0 Å². The second-order valence-corrected chi connectivity index (χ2v) is 4.95. The predicted molar refractivity (Wildman–Crippen MR) is 69.9 cm³/mol. The smallest absolute Gasteiger partial charge is 0.162 e. The van der Waals surface area contributed by atoms with Gasteiger partial charge in [0.05, 0.1) is 0 Å². The van der Waals surface area contributed by atoms with Crippen LogP contribution in [0.5, 0.6) is 0 Å². The fourth-order valence-corrected chi connectivity index (χ4v) is 0. The van der Waals surface area contributed by atoms with E-state index in [0.29, 0.717) is 5.41 Å². The molecule has 0 aromatic heterocycles. The van der Waals surface area contributed by atoms with Gasteiger partial charge in [0.15, 0.2) is 0 Å². The van der Waals surface area contributed by atoms with Crippen LogP contribution >= 0.6 is 0 Å². The first-order valence-electron chi connectivity index (χ1n) is 4.89. The van der Waals surface area contributed by atoms with Crippen LogP contribution in [0.1, 0.15) is 20.8 Å². The maximum Gasteiger partial charge on any atom is -0.162 e. The summed E-state index contributed by atoms with van der Waals surface area (Å²) in [5.41, 5.74) is 0.582. The largest absolute Gasteiger partial charge is 0.668 e. The van der Waals surface area contributed by atoms with Gasteiger partial charge in [0, 0.05) is 0 Å². The molecule has 0 heterocycles. The van der Waals surface area contributed by atoms with Gasteiger partial charge in [0.2, 0.25) is 0 Å². The molecule has 0 bridgehead atoms. The van der Waals surface area contributed by atoms with Crippen molar-refractivity contribution in [1.82, 2.24) is 0 Å². The van der Waals surface area contributed by atoms with Crippen LogP contribution in [0.25, 0.3) is 16.0 Å². The van der Waals surface area contributed by atoms with Crippen molar-refractivity contribution in [1.29, 1.82) is 0 Å². The van der Waals surface area contributed by atoms with Crippen molar-refractivity contribution in [2.24, 2.45) is 5.41 Å². The fourth-order valence-electron chi connectivity index (χ4n) is 0. The molecule has 0 saturated carbocycles. The molecule has 0 aliphatic carbocycles. The van der Waals surface area contributed by atoms with Crippen LogP contribution in [-0.4, -0.2) is 42.3 Å². The van der Waals surface area contributed by atoms with Crippen LogP contribution < -0.4 is 0 Å². The molecular formula is C11H29N3Zr. The third-order valence-electron chi connectivity index (χ3n) is 0.530. The molecule has 0 amide bonds. The van der Waals surface area contributed by atoms with Gasteiger partial charge in [-0.3, -0.25) is 0 Å². The summed E-state index contributed by atoms with van der Waals surface area (Å²) in [4.78, 5) is 0. The Hall–Kier alpha value is 0.763. The Balaban J connectivity index is -0.0000000581. The minimum absolute atomic E-state index is 0.582. The minimum Gasteiger partial charge on any atom is -0.668 e. The van der Waals surface area contributed by atoms with Crippen molar-refractivity contribution < 1.29 is 24.7 Å². The average Bonchev–Trinajstić information content (AvgIpc) is 2.07. The number of hydrogen-bond acceptors (Lipinski definition) is 0. The second kappa shape index (κ2) is 24.1. The fraction of sp³-hybridized carbons (Fsp3) is 1.00. The van der Waals surface area contributed by atoms with Gasteiger partial charge in [-0.05, 0) is 0 Å². The molecule has 0 atom stereocenters. The third-order valence-corrected chi connectivity index (χ3v) is 3.14. The summed E-state index contributed by atoms with van der Waals surface area (Å²) in [7, 11) is 10.5. The Morgan fingerprint density at radius 1 is 0.733 bits per heavy atom. The molecule has 0 fully saturated rings. The van der Waals surface area contributed by atoms with E-state index in [9.17, 15) is 0 Å². The molecule has 0 aliphatic heterocycles. The van der Waals surface area contributed by atoms with Crippen LogP contribution in [0.15, 0.2) is 0 Å². The van der Waals surface area contributed by atoms with Crippen molar-refractivity contribution in [3.63, 3.8) is 0 Å². The quantitative estimate of drug-likeness (QED) is 0.651. The Kier molecular flexibility index (Phi) is 40.0. The van der Waals surface area contributed by atoms with Gasteiger partial charge in [-0.2, -0.15) is 42.3 Å². The van der Waals surface area contributed by atoms with E-state index in [2.05, 4.69) is 36.7 Å². The van der Waals surface area contributed by atoms with Crippen LogP contribution in [-0.2, 0) is 24.7 Å². The molecule has 0 radical (unpaired) electrons. The summed E-state index contributed by atoms with van der Waals surface area (Å²) in [5, 5.41) is 10.5. The van der Waals surface area contributed by atoms with E-state index in [1.807, 2.05) is 0 Å². The van der Waals surface area contributed by atoms with E-state index in [4.69, 9.17) is 0 Å². The summed E-state index contributed by atoms with van der Waals surface area (Å²) < 4.78 is 1.36. The SMILES string of the molecule is CC(C)(C)[CH2][Zr+3].C[N-]C.C[N-]C.C[N-]C. The summed E-state index contributed by atoms with van der Waals surface area (Å²) >= 11 is 1.65. The molecule has 0 aromatic rings. The Bertz CT molecular complexity index is 68.0. The standard InChI is InChI=1S/C5H11.3C2H6N.Zr/c1-5(2,3)4;3*1-3-2;/h1H2,2-4H3;3*1-2H3;/q;3*-1;+3. The first-order valence-corrected chi connectivity index (χ1v) is 6.63. The molecular weight excluding hydrogens is 265 g/mol. The van der Waals surface area contributed by atoms with E-state index in [-0.39, 0.29) is 0 Å². The predicted octanol–water partition coefficient (Wildman–Crippen LogP) is 3.86. The first-order chi connectivity index (χ1) is 6.80.